The van der Waals surface area contributed by atoms with Crippen LogP contribution in [0.3, 0.4) is 0 Å². The second-order valence-corrected chi connectivity index (χ2v) is 6.57. The fourth-order valence-electron chi connectivity index (χ4n) is 2.91. The molecule has 1 N–H and O–H groups in total. The first kappa shape index (κ1) is 19.6. The van der Waals surface area contributed by atoms with E-state index in [-0.39, 0.29) is 5.91 Å². The van der Waals surface area contributed by atoms with E-state index in [9.17, 15) is 9.59 Å². The number of aromatic amines is 1. The number of hydrogen-bond donors (Lipinski definition) is 1. The Hall–Kier alpha value is -2.76. The van der Waals surface area contributed by atoms with Crippen LogP contribution in [0.1, 0.15) is 44.6 Å². The number of hydrogen-bond acceptors (Lipinski definition) is 4. The van der Waals surface area contributed by atoms with E-state index in [1.807, 2.05) is 43.3 Å². The highest BCUT2D eigenvalue weighted by Gasteiger charge is 2.24. The van der Waals surface area contributed by atoms with Gasteiger partial charge < -0.3 is 19.5 Å². The third kappa shape index (κ3) is 4.07. The van der Waals surface area contributed by atoms with Gasteiger partial charge in [0.2, 0.25) is 0 Å². The Labute approximate surface area is 154 Å². The Balaban J connectivity index is 2.18. The van der Waals surface area contributed by atoms with Crippen LogP contribution < -0.4 is 4.90 Å². The van der Waals surface area contributed by atoms with Crippen molar-refractivity contribution in [2.45, 2.75) is 27.3 Å². The molecule has 0 spiro atoms. The first-order valence-corrected chi connectivity index (χ1v) is 8.64. The molecule has 6 nitrogen and oxygen atoms in total. The summed E-state index contributed by atoms with van der Waals surface area (Å²) in [5.41, 5.74) is 4.29. The van der Waals surface area contributed by atoms with Gasteiger partial charge in [0.25, 0.3) is 5.91 Å². The van der Waals surface area contributed by atoms with E-state index in [2.05, 4.69) is 4.98 Å². The molecule has 6 heteroatoms. The molecule has 0 saturated heterocycles. The average Bonchev–Trinajstić information content (AvgIpc) is 2.89. The summed E-state index contributed by atoms with van der Waals surface area (Å²) < 4.78 is 5.08. The SMILES string of the molecule is CCOC(=O)c1c(C)[nH]c(C(=O)N(C)Cc2ccc(N(C)C)cc2)c1C. The zero-order chi connectivity index (χ0) is 19.4. The number of H-pyrrole nitrogens is 1. The fourth-order valence-corrected chi connectivity index (χ4v) is 2.91. The predicted molar refractivity (Wildman–Crippen MR) is 103 cm³/mol. The van der Waals surface area contributed by atoms with Crippen LogP contribution in [0.25, 0.3) is 0 Å². The number of benzene rings is 1. The van der Waals surface area contributed by atoms with E-state index in [1.165, 1.54) is 0 Å². The van der Waals surface area contributed by atoms with Gasteiger partial charge in [-0.3, -0.25) is 4.79 Å². The summed E-state index contributed by atoms with van der Waals surface area (Å²) in [5.74, 6) is -0.558. The van der Waals surface area contributed by atoms with Crippen molar-refractivity contribution < 1.29 is 14.3 Å². The zero-order valence-electron chi connectivity index (χ0n) is 16.3. The van der Waals surface area contributed by atoms with E-state index in [4.69, 9.17) is 4.74 Å². The highest BCUT2D eigenvalue weighted by Crippen LogP contribution is 2.21. The molecule has 0 aliphatic heterocycles. The van der Waals surface area contributed by atoms with Crippen LogP contribution >= 0.6 is 0 Å². The van der Waals surface area contributed by atoms with Crippen LogP contribution in [0.5, 0.6) is 0 Å². The molecule has 0 aliphatic rings. The number of aromatic nitrogens is 1. The van der Waals surface area contributed by atoms with Crippen LogP contribution in [0, 0.1) is 13.8 Å². The molecule has 0 aliphatic carbocycles. The third-order valence-electron chi connectivity index (χ3n) is 4.35. The van der Waals surface area contributed by atoms with Crippen LogP contribution in [0.2, 0.25) is 0 Å². The quantitative estimate of drug-likeness (QED) is 0.807. The van der Waals surface area contributed by atoms with E-state index in [1.54, 1.807) is 32.7 Å². The summed E-state index contributed by atoms with van der Waals surface area (Å²) in [5, 5.41) is 0. The van der Waals surface area contributed by atoms with Gasteiger partial charge in [-0.1, -0.05) is 12.1 Å². The molecule has 0 bridgehead atoms. The fraction of sp³-hybridized carbons (Fsp3) is 0.400. The summed E-state index contributed by atoms with van der Waals surface area (Å²) >= 11 is 0. The zero-order valence-corrected chi connectivity index (χ0v) is 16.3. The lowest BCUT2D eigenvalue weighted by Crippen LogP contribution is -2.27. The van der Waals surface area contributed by atoms with Crippen molar-refractivity contribution in [1.82, 2.24) is 9.88 Å². The maximum Gasteiger partial charge on any atom is 0.340 e. The molecular formula is C20H27N3O3. The van der Waals surface area contributed by atoms with E-state index in [0.29, 0.717) is 35.7 Å². The van der Waals surface area contributed by atoms with Crippen molar-refractivity contribution in [3.8, 4) is 0 Å². The standard InChI is InChI=1S/C20H27N3O3/c1-7-26-20(25)17-13(2)18(21-14(17)3)19(24)23(6)12-15-8-10-16(11-9-15)22(4)5/h8-11,21H,7,12H2,1-6H3. The van der Waals surface area contributed by atoms with Gasteiger partial charge in [0.15, 0.2) is 0 Å². The third-order valence-corrected chi connectivity index (χ3v) is 4.35. The first-order chi connectivity index (χ1) is 12.3. The summed E-state index contributed by atoms with van der Waals surface area (Å²) in [7, 11) is 5.73. The van der Waals surface area contributed by atoms with Crippen molar-refractivity contribution in [2.24, 2.45) is 0 Å². The highest BCUT2D eigenvalue weighted by atomic mass is 16.5. The summed E-state index contributed by atoms with van der Waals surface area (Å²) in [6, 6.07) is 8.07. The van der Waals surface area contributed by atoms with E-state index < -0.39 is 5.97 Å². The summed E-state index contributed by atoms with van der Waals surface area (Å²) in [6.45, 7) is 6.09. The number of aryl methyl sites for hydroxylation is 1. The van der Waals surface area contributed by atoms with Gasteiger partial charge >= 0.3 is 5.97 Å². The molecule has 2 aromatic rings. The summed E-state index contributed by atoms with van der Waals surface area (Å²) in [4.78, 5) is 31.6. The Morgan fingerprint density at radius 2 is 1.69 bits per heavy atom. The lowest BCUT2D eigenvalue weighted by molar-refractivity contribution is 0.0525. The van der Waals surface area contributed by atoms with Crippen molar-refractivity contribution in [2.75, 3.05) is 32.6 Å². The number of carbonyl (C=O) groups excluding carboxylic acids is 2. The molecule has 1 amide bonds. The Bertz CT molecular complexity index is 791. The molecule has 0 fully saturated rings. The van der Waals surface area contributed by atoms with Gasteiger partial charge in [0.05, 0.1) is 12.2 Å². The molecule has 1 aromatic carbocycles. The van der Waals surface area contributed by atoms with E-state index >= 15 is 0 Å². The van der Waals surface area contributed by atoms with Gasteiger partial charge in [-0.15, -0.1) is 0 Å². The van der Waals surface area contributed by atoms with Gasteiger partial charge in [0, 0.05) is 39.1 Å². The monoisotopic (exact) mass is 357 g/mol. The van der Waals surface area contributed by atoms with E-state index in [0.717, 1.165) is 11.3 Å². The average molecular weight is 357 g/mol. The normalized spacial score (nSPS) is 10.5. The molecule has 1 heterocycles. The minimum absolute atomic E-state index is 0.155. The topological polar surface area (TPSA) is 65.6 Å². The molecule has 2 rings (SSSR count). The lowest BCUT2D eigenvalue weighted by Gasteiger charge is -2.18. The second kappa shape index (κ2) is 8.08. The number of carbonyl (C=O) groups is 2. The Kier molecular flexibility index (Phi) is 6.08. The molecular weight excluding hydrogens is 330 g/mol. The van der Waals surface area contributed by atoms with Gasteiger partial charge in [-0.2, -0.15) is 0 Å². The van der Waals surface area contributed by atoms with Gasteiger partial charge in [0.1, 0.15) is 5.69 Å². The molecule has 26 heavy (non-hydrogen) atoms. The first-order valence-electron chi connectivity index (χ1n) is 8.64. The number of rotatable bonds is 6. The maximum atomic E-state index is 12.8. The second-order valence-electron chi connectivity index (χ2n) is 6.57. The number of nitrogens with zero attached hydrogens (tertiary/aromatic N) is 2. The minimum Gasteiger partial charge on any atom is -0.462 e. The summed E-state index contributed by atoms with van der Waals surface area (Å²) in [6.07, 6.45) is 0. The van der Waals surface area contributed by atoms with Gasteiger partial charge in [-0.25, -0.2) is 4.79 Å². The number of ether oxygens (including phenoxy) is 1. The molecule has 1 aromatic heterocycles. The maximum absolute atomic E-state index is 12.8. The predicted octanol–water partition coefficient (Wildman–Crippen LogP) is 3.15. The molecule has 0 radical (unpaired) electrons. The van der Waals surface area contributed by atoms with Crippen molar-refractivity contribution in [3.05, 3.63) is 52.3 Å². The number of amides is 1. The number of esters is 1. The molecule has 0 saturated carbocycles. The lowest BCUT2D eigenvalue weighted by atomic mass is 10.1. The molecule has 0 unspecified atom stereocenters. The van der Waals surface area contributed by atoms with Crippen molar-refractivity contribution in [3.63, 3.8) is 0 Å². The van der Waals surface area contributed by atoms with Crippen LogP contribution in [0.4, 0.5) is 5.69 Å². The van der Waals surface area contributed by atoms with Gasteiger partial charge in [-0.05, 0) is 44.0 Å². The van der Waals surface area contributed by atoms with Crippen LogP contribution in [-0.2, 0) is 11.3 Å². The Morgan fingerprint density at radius 3 is 2.23 bits per heavy atom. The largest absolute Gasteiger partial charge is 0.462 e. The molecule has 0 atom stereocenters. The van der Waals surface area contributed by atoms with Crippen LogP contribution in [-0.4, -0.2) is 49.5 Å². The molecule has 140 valence electrons. The minimum atomic E-state index is -0.403. The smallest absolute Gasteiger partial charge is 0.340 e. The number of anilines is 1. The van der Waals surface area contributed by atoms with Crippen LogP contribution in [0.15, 0.2) is 24.3 Å². The highest BCUT2D eigenvalue weighted by molar-refractivity contribution is 6.00. The van der Waals surface area contributed by atoms with Crippen molar-refractivity contribution >= 4 is 17.6 Å². The van der Waals surface area contributed by atoms with Crippen molar-refractivity contribution in [1.29, 1.82) is 0 Å². The Morgan fingerprint density at radius 1 is 1.08 bits per heavy atom. The number of nitrogens with one attached hydrogen (secondary N) is 1.